The van der Waals surface area contributed by atoms with Crippen molar-refractivity contribution in [3.63, 3.8) is 0 Å². The van der Waals surface area contributed by atoms with Gasteiger partial charge in [-0.2, -0.15) is 0 Å². The van der Waals surface area contributed by atoms with E-state index in [4.69, 9.17) is 0 Å². The molecule has 5 heteroatoms. The van der Waals surface area contributed by atoms with Gasteiger partial charge >= 0.3 is 6.09 Å². The fourth-order valence-electron chi connectivity index (χ4n) is 1.65. The molecule has 0 aliphatic carbocycles. The number of hydrogen-bond donors (Lipinski definition) is 2. The van der Waals surface area contributed by atoms with E-state index in [0.29, 0.717) is 12.5 Å². The second kappa shape index (κ2) is 4.86. The van der Waals surface area contributed by atoms with E-state index in [1.165, 1.54) is 12.7 Å². The summed E-state index contributed by atoms with van der Waals surface area (Å²) in [6.45, 7) is 2.73. The molecule has 1 atom stereocenters. The van der Waals surface area contributed by atoms with Crippen molar-refractivity contribution in [3.05, 3.63) is 35.4 Å². The van der Waals surface area contributed by atoms with Gasteiger partial charge in [0.25, 0.3) is 0 Å². The molecule has 1 amide bonds. The van der Waals surface area contributed by atoms with Gasteiger partial charge in [0.05, 0.1) is 13.2 Å². The number of alkyl carbamates (subject to hydrolysis) is 1. The largest absolute Gasteiger partial charge is 0.453 e. The second-order valence-corrected chi connectivity index (χ2v) is 3.90. The van der Waals surface area contributed by atoms with E-state index in [-0.39, 0.29) is 6.04 Å². The Hall–Kier alpha value is -2.04. The lowest BCUT2D eigenvalue weighted by Gasteiger charge is -2.05. The Bertz CT molecular complexity index is 440. The molecule has 1 unspecified atom stereocenters. The Morgan fingerprint density at radius 1 is 1.47 bits per heavy atom. The van der Waals surface area contributed by atoms with Gasteiger partial charge in [0.2, 0.25) is 5.96 Å². The maximum absolute atomic E-state index is 11.0. The van der Waals surface area contributed by atoms with Gasteiger partial charge in [-0.3, -0.25) is 5.32 Å². The molecule has 1 aliphatic heterocycles. The van der Waals surface area contributed by atoms with Crippen LogP contribution < -0.4 is 10.6 Å². The fourth-order valence-corrected chi connectivity index (χ4v) is 1.65. The number of aliphatic imine (C=N–C) groups is 1. The maximum atomic E-state index is 11.0. The zero-order valence-electron chi connectivity index (χ0n) is 9.86. The zero-order valence-corrected chi connectivity index (χ0v) is 9.86. The standard InChI is InChI=1S/C12H15N3O2/c1-8-3-5-9(6-4-8)10-7-13-11(14-10)15-12(16)17-2/h3-6,10H,7H2,1-2H3,(H2,13,14,15,16). The van der Waals surface area contributed by atoms with Crippen LogP contribution in [0.5, 0.6) is 0 Å². The van der Waals surface area contributed by atoms with Gasteiger partial charge in [-0.25, -0.2) is 9.79 Å². The minimum atomic E-state index is -0.513. The van der Waals surface area contributed by atoms with Gasteiger partial charge in [0, 0.05) is 6.54 Å². The topological polar surface area (TPSA) is 62.7 Å². The number of guanidine groups is 1. The van der Waals surface area contributed by atoms with Gasteiger partial charge in [-0.1, -0.05) is 29.8 Å². The van der Waals surface area contributed by atoms with Crippen LogP contribution in [-0.4, -0.2) is 25.7 Å². The van der Waals surface area contributed by atoms with Crippen LogP contribution in [0.1, 0.15) is 17.2 Å². The summed E-state index contributed by atoms with van der Waals surface area (Å²) in [5.74, 6) is 0.461. The van der Waals surface area contributed by atoms with E-state index in [0.717, 1.165) is 5.56 Å². The SMILES string of the molecule is COC(=O)NC1=NC(c2ccc(C)cc2)CN1. The number of nitrogens with one attached hydrogen (secondary N) is 2. The Morgan fingerprint density at radius 2 is 2.18 bits per heavy atom. The first-order valence-corrected chi connectivity index (χ1v) is 5.42. The van der Waals surface area contributed by atoms with Crippen LogP contribution in [0.3, 0.4) is 0 Å². The van der Waals surface area contributed by atoms with Gasteiger partial charge < -0.3 is 10.1 Å². The number of carbonyl (C=O) groups excluding carboxylic acids is 1. The van der Waals surface area contributed by atoms with Gasteiger partial charge in [0.1, 0.15) is 0 Å². The van der Waals surface area contributed by atoms with Crippen LogP contribution in [0.15, 0.2) is 29.3 Å². The fraction of sp³-hybridized carbons (Fsp3) is 0.333. The van der Waals surface area contributed by atoms with E-state index in [9.17, 15) is 4.79 Å². The van der Waals surface area contributed by atoms with Crippen molar-refractivity contribution in [2.45, 2.75) is 13.0 Å². The molecule has 0 spiro atoms. The highest BCUT2D eigenvalue weighted by atomic mass is 16.5. The number of ether oxygens (including phenoxy) is 1. The average molecular weight is 233 g/mol. The van der Waals surface area contributed by atoms with Gasteiger partial charge in [0.15, 0.2) is 0 Å². The summed E-state index contributed by atoms with van der Waals surface area (Å²) in [5.41, 5.74) is 2.35. The van der Waals surface area contributed by atoms with Crippen LogP contribution in [0, 0.1) is 6.92 Å². The van der Waals surface area contributed by atoms with Crippen molar-refractivity contribution in [3.8, 4) is 0 Å². The van der Waals surface area contributed by atoms with Crippen molar-refractivity contribution >= 4 is 12.1 Å². The summed E-state index contributed by atoms with van der Waals surface area (Å²) in [7, 11) is 1.32. The predicted molar refractivity (Wildman–Crippen MR) is 64.9 cm³/mol. The molecule has 1 aromatic rings. The molecular weight excluding hydrogens is 218 g/mol. The van der Waals surface area contributed by atoms with E-state index in [1.807, 2.05) is 19.1 Å². The van der Waals surface area contributed by atoms with Gasteiger partial charge in [-0.05, 0) is 12.5 Å². The number of nitrogens with zero attached hydrogens (tertiary/aromatic N) is 1. The maximum Gasteiger partial charge on any atom is 0.413 e. The molecule has 1 aromatic carbocycles. The summed E-state index contributed by atoms with van der Waals surface area (Å²) < 4.78 is 4.50. The van der Waals surface area contributed by atoms with E-state index < -0.39 is 6.09 Å². The van der Waals surface area contributed by atoms with Crippen LogP contribution in [0.4, 0.5) is 4.79 Å². The van der Waals surface area contributed by atoms with Crippen LogP contribution in [-0.2, 0) is 4.74 Å². The average Bonchev–Trinajstić information content (AvgIpc) is 2.78. The molecule has 0 radical (unpaired) electrons. The quantitative estimate of drug-likeness (QED) is 0.769. The molecule has 5 nitrogen and oxygen atoms in total. The van der Waals surface area contributed by atoms with E-state index in [1.54, 1.807) is 0 Å². The Morgan fingerprint density at radius 3 is 2.82 bits per heavy atom. The van der Waals surface area contributed by atoms with Crippen LogP contribution in [0.2, 0.25) is 0 Å². The summed E-state index contributed by atoms with van der Waals surface area (Å²) in [4.78, 5) is 15.4. The third-order valence-electron chi connectivity index (χ3n) is 2.62. The number of hydrogen-bond acceptors (Lipinski definition) is 4. The summed E-state index contributed by atoms with van der Waals surface area (Å²) >= 11 is 0. The molecule has 1 aliphatic rings. The first-order chi connectivity index (χ1) is 8.19. The smallest absolute Gasteiger partial charge is 0.413 e. The Labute approximate surface area is 99.9 Å². The van der Waals surface area contributed by atoms with Crippen molar-refractivity contribution in [2.24, 2.45) is 4.99 Å². The third-order valence-corrected chi connectivity index (χ3v) is 2.62. The van der Waals surface area contributed by atoms with Crippen LogP contribution in [0.25, 0.3) is 0 Å². The van der Waals surface area contributed by atoms with Crippen LogP contribution >= 0.6 is 0 Å². The minimum absolute atomic E-state index is 0.0442. The minimum Gasteiger partial charge on any atom is -0.453 e. The first-order valence-electron chi connectivity index (χ1n) is 5.42. The highest BCUT2D eigenvalue weighted by molar-refractivity contribution is 5.94. The molecule has 90 valence electrons. The Balaban J connectivity index is 2.05. The third kappa shape index (κ3) is 2.75. The summed E-state index contributed by atoms with van der Waals surface area (Å²) in [6.07, 6.45) is -0.513. The number of benzene rings is 1. The number of amides is 1. The summed E-state index contributed by atoms with van der Waals surface area (Å²) in [6, 6.07) is 8.24. The highest BCUT2D eigenvalue weighted by Crippen LogP contribution is 2.19. The zero-order chi connectivity index (χ0) is 12.3. The van der Waals surface area contributed by atoms with Crippen molar-refractivity contribution < 1.29 is 9.53 Å². The first kappa shape index (κ1) is 11.4. The van der Waals surface area contributed by atoms with Gasteiger partial charge in [-0.15, -0.1) is 0 Å². The molecule has 0 saturated heterocycles. The Kier molecular flexibility index (Phi) is 3.27. The number of carbonyl (C=O) groups is 1. The lowest BCUT2D eigenvalue weighted by Crippen LogP contribution is -2.37. The molecule has 2 rings (SSSR count). The second-order valence-electron chi connectivity index (χ2n) is 3.90. The number of aryl methyl sites for hydroxylation is 1. The van der Waals surface area contributed by atoms with Crippen molar-refractivity contribution in [1.82, 2.24) is 10.6 Å². The van der Waals surface area contributed by atoms with Crippen molar-refractivity contribution in [2.75, 3.05) is 13.7 Å². The lowest BCUT2D eigenvalue weighted by molar-refractivity contribution is 0.176. The lowest BCUT2D eigenvalue weighted by atomic mass is 10.1. The monoisotopic (exact) mass is 233 g/mol. The number of methoxy groups -OCH3 is 1. The molecule has 1 heterocycles. The highest BCUT2D eigenvalue weighted by Gasteiger charge is 2.19. The normalized spacial score (nSPS) is 18.2. The molecule has 0 saturated carbocycles. The molecule has 0 aromatic heterocycles. The molecule has 0 bridgehead atoms. The van der Waals surface area contributed by atoms with E-state index >= 15 is 0 Å². The summed E-state index contributed by atoms with van der Waals surface area (Å²) in [5, 5.41) is 5.54. The molecule has 0 fully saturated rings. The van der Waals surface area contributed by atoms with E-state index in [2.05, 4.69) is 32.5 Å². The molecule has 17 heavy (non-hydrogen) atoms. The molecule has 2 N–H and O–H groups in total. The predicted octanol–water partition coefficient (Wildman–Crippen LogP) is 1.35. The molecular formula is C12H15N3O2. The number of rotatable bonds is 1. The van der Waals surface area contributed by atoms with Crippen molar-refractivity contribution in [1.29, 1.82) is 0 Å².